The Balaban J connectivity index is 1.48. The van der Waals surface area contributed by atoms with E-state index >= 15 is 0 Å². The van der Waals surface area contributed by atoms with Gasteiger partial charge in [0, 0.05) is 37.8 Å². The van der Waals surface area contributed by atoms with E-state index in [4.69, 9.17) is 0 Å². The van der Waals surface area contributed by atoms with Gasteiger partial charge in [-0.05, 0) is 74.8 Å². The van der Waals surface area contributed by atoms with Crippen LogP contribution in [0.15, 0.2) is 42.5 Å². The van der Waals surface area contributed by atoms with Crippen LogP contribution in [-0.2, 0) is 25.8 Å². The van der Waals surface area contributed by atoms with Crippen molar-refractivity contribution in [1.29, 1.82) is 0 Å². The van der Waals surface area contributed by atoms with Crippen molar-refractivity contribution in [3.63, 3.8) is 0 Å². The van der Waals surface area contributed by atoms with Crippen molar-refractivity contribution in [2.75, 3.05) is 13.1 Å². The highest BCUT2D eigenvalue weighted by Gasteiger charge is 2.27. The standard InChI is InChI=1S/C25H34N2/c1-18(2)26-13-11-22-10-9-21(16-24(22)17-26)15-19(3)27-14-12-23-7-5-6-8-25(23)20(27)4/h5-10,16,18-20H,11-15,17H2,1-4H3. The van der Waals surface area contributed by atoms with E-state index in [1.807, 2.05) is 0 Å². The first-order valence-corrected chi connectivity index (χ1v) is 10.7. The Morgan fingerprint density at radius 3 is 2.52 bits per heavy atom. The molecule has 0 amide bonds. The van der Waals surface area contributed by atoms with E-state index < -0.39 is 0 Å². The summed E-state index contributed by atoms with van der Waals surface area (Å²) in [4.78, 5) is 5.29. The van der Waals surface area contributed by atoms with Crippen LogP contribution in [0.5, 0.6) is 0 Å². The van der Waals surface area contributed by atoms with Crippen LogP contribution in [0.25, 0.3) is 0 Å². The maximum Gasteiger partial charge on any atom is 0.0325 e. The van der Waals surface area contributed by atoms with Gasteiger partial charge in [0.2, 0.25) is 0 Å². The maximum absolute atomic E-state index is 2.70. The molecule has 0 fully saturated rings. The normalized spacial score (nSPS) is 21.7. The van der Waals surface area contributed by atoms with Gasteiger partial charge in [-0.1, -0.05) is 42.5 Å². The first kappa shape index (κ1) is 18.7. The molecule has 4 rings (SSSR count). The lowest BCUT2D eigenvalue weighted by molar-refractivity contribution is 0.143. The molecule has 2 unspecified atom stereocenters. The lowest BCUT2D eigenvalue weighted by Crippen LogP contribution is -2.41. The van der Waals surface area contributed by atoms with Gasteiger partial charge in [-0.2, -0.15) is 0 Å². The van der Waals surface area contributed by atoms with Crippen molar-refractivity contribution in [2.24, 2.45) is 0 Å². The smallest absolute Gasteiger partial charge is 0.0325 e. The molecular formula is C25H34N2. The molecule has 0 radical (unpaired) electrons. The summed E-state index contributed by atoms with van der Waals surface area (Å²) in [5, 5.41) is 0. The summed E-state index contributed by atoms with van der Waals surface area (Å²) in [6.45, 7) is 12.9. The Labute approximate surface area is 165 Å². The summed E-state index contributed by atoms with van der Waals surface area (Å²) in [6, 6.07) is 18.0. The minimum Gasteiger partial charge on any atom is -0.296 e. The highest BCUT2D eigenvalue weighted by atomic mass is 15.2. The first-order chi connectivity index (χ1) is 13.0. The van der Waals surface area contributed by atoms with Crippen molar-refractivity contribution < 1.29 is 0 Å². The summed E-state index contributed by atoms with van der Waals surface area (Å²) in [5.74, 6) is 0. The van der Waals surface area contributed by atoms with Gasteiger partial charge < -0.3 is 0 Å². The van der Waals surface area contributed by atoms with E-state index in [-0.39, 0.29) is 0 Å². The number of fused-ring (bicyclic) bond motifs is 2. The van der Waals surface area contributed by atoms with Gasteiger partial charge in [0.15, 0.2) is 0 Å². The molecule has 0 aliphatic carbocycles. The van der Waals surface area contributed by atoms with Crippen LogP contribution < -0.4 is 0 Å². The molecular weight excluding hydrogens is 328 g/mol. The van der Waals surface area contributed by atoms with Crippen LogP contribution in [0, 0.1) is 0 Å². The molecule has 2 aromatic carbocycles. The lowest BCUT2D eigenvalue weighted by Gasteiger charge is -2.39. The van der Waals surface area contributed by atoms with Crippen LogP contribution in [0.2, 0.25) is 0 Å². The van der Waals surface area contributed by atoms with E-state index in [9.17, 15) is 0 Å². The van der Waals surface area contributed by atoms with Gasteiger partial charge in [-0.15, -0.1) is 0 Å². The quantitative estimate of drug-likeness (QED) is 0.755. The molecule has 144 valence electrons. The minimum atomic E-state index is 0.513. The molecule has 27 heavy (non-hydrogen) atoms. The second-order valence-corrected chi connectivity index (χ2v) is 8.83. The van der Waals surface area contributed by atoms with Gasteiger partial charge >= 0.3 is 0 Å². The molecule has 0 saturated carbocycles. The van der Waals surface area contributed by atoms with Gasteiger partial charge in [0.25, 0.3) is 0 Å². The minimum absolute atomic E-state index is 0.513. The third-order valence-corrected chi connectivity index (χ3v) is 6.78. The van der Waals surface area contributed by atoms with E-state index in [1.54, 1.807) is 11.1 Å². The number of hydrogen-bond donors (Lipinski definition) is 0. The highest BCUT2D eigenvalue weighted by Crippen LogP contribution is 2.32. The zero-order chi connectivity index (χ0) is 19.0. The number of nitrogens with zero attached hydrogens (tertiary/aromatic N) is 2. The second-order valence-electron chi connectivity index (χ2n) is 8.83. The number of rotatable bonds is 4. The molecule has 2 atom stereocenters. The predicted octanol–water partition coefficient (Wildman–Crippen LogP) is 5.00. The number of benzene rings is 2. The summed E-state index contributed by atoms with van der Waals surface area (Å²) >= 11 is 0. The van der Waals surface area contributed by atoms with Gasteiger partial charge in [-0.3, -0.25) is 9.80 Å². The second kappa shape index (κ2) is 7.77. The van der Waals surface area contributed by atoms with E-state index in [0.717, 1.165) is 13.0 Å². The molecule has 0 saturated heterocycles. The molecule has 0 bridgehead atoms. The summed E-state index contributed by atoms with van der Waals surface area (Å²) in [5.41, 5.74) is 7.67. The zero-order valence-corrected chi connectivity index (χ0v) is 17.4. The van der Waals surface area contributed by atoms with E-state index in [2.05, 4.69) is 80.0 Å². The Kier molecular flexibility index (Phi) is 5.39. The van der Waals surface area contributed by atoms with Crippen LogP contribution >= 0.6 is 0 Å². The fourth-order valence-corrected chi connectivity index (χ4v) is 5.05. The molecule has 2 aliphatic heterocycles. The van der Waals surface area contributed by atoms with E-state index in [1.165, 1.54) is 42.6 Å². The average molecular weight is 363 g/mol. The molecule has 2 heteroatoms. The van der Waals surface area contributed by atoms with Crippen molar-refractivity contribution in [3.8, 4) is 0 Å². The maximum atomic E-state index is 2.70. The Morgan fingerprint density at radius 2 is 1.70 bits per heavy atom. The predicted molar refractivity (Wildman–Crippen MR) is 114 cm³/mol. The fraction of sp³-hybridized carbons (Fsp3) is 0.520. The molecule has 2 aromatic rings. The molecule has 2 heterocycles. The summed E-state index contributed by atoms with van der Waals surface area (Å²) in [7, 11) is 0. The van der Waals surface area contributed by atoms with Crippen LogP contribution in [-0.4, -0.2) is 35.0 Å². The summed E-state index contributed by atoms with van der Waals surface area (Å²) < 4.78 is 0. The highest BCUT2D eigenvalue weighted by molar-refractivity contribution is 5.35. The third kappa shape index (κ3) is 3.83. The van der Waals surface area contributed by atoms with Crippen molar-refractivity contribution in [3.05, 3.63) is 70.3 Å². The van der Waals surface area contributed by atoms with Crippen LogP contribution in [0.4, 0.5) is 0 Å². The van der Waals surface area contributed by atoms with Gasteiger partial charge in [-0.25, -0.2) is 0 Å². The molecule has 0 N–H and O–H groups in total. The Bertz CT molecular complexity index is 795. The fourth-order valence-electron chi connectivity index (χ4n) is 5.05. The summed E-state index contributed by atoms with van der Waals surface area (Å²) in [6.07, 6.45) is 3.52. The Morgan fingerprint density at radius 1 is 0.926 bits per heavy atom. The van der Waals surface area contributed by atoms with Crippen molar-refractivity contribution in [2.45, 2.75) is 71.6 Å². The molecule has 2 aliphatic rings. The molecule has 2 nitrogen and oxygen atoms in total. The van der Waals surface area contributed by atoms with Gasteiger partial charge in [0.05, 0.1) is 0 Å². The number of hydrogen-bond acceptors (Lipinski definition) is 2. The average Bonchev–Trinajstić information content (AvgIpc) is 2.67. The van der Waals surface area contributed by atoms with E-state index in [0.29, 0.717) is 18.1 Å². The van der Waals surface area contributed by atoms with Crippen LogP contribution in [0.3, 0.4) is 0 Å². The van der Waals surface area contributed by atoms with Crippen molar-refractivity contribution in [1.82, 2.24) is 9.80 Å². The van der Waals surface area contributed by atoms with Gasteiger partial charge in [0.1, 0.15) is 0 Å². The molecule has 0 aromatic heterocycles. The Hall–Kier alpha value is -1.64. The third-order valence-electron chi connectivity index (χ3n) is 6.78. The topological polar surface area (TPSA) is 6.48 Å². The first-order valence-electron chi connectivity index (χ1n) is 10.7. The SMILES string of the molecule is CC(C)N1CCc2ccc(CC(C)N3CCc4ccccc4C3C)cc2C1. The largest absolute Gasteiger partial charge is 0.296 e. The van der Waals surface area contributed by atoms with Crippen LogP contribution in [0.1, 0.15) is 61.6 Å². The monoisotopic (exact) mass is 362 g/mol. The molecule has 0 spiro atoms. The zero-order valence-electron chi connectivity index (χ0n) is 17.4. The van der Waals surface area contributed by atoms with Crippen molar-refractivity contribution >= 4 is 0 Å². The lowest BCUT2D eigenvalue weighted by atomic mass is 9.90.